The van der Waals surface area contributed by atoms with Gasteiger partial charge in [0.05, 0.1) is 25.9 Å². The zero-order valence-corrected chi connectivity index (χ0v) is 16.4. The van der Waals surface area contributed by atoms with Crippen LogP contribution in [-0.4, -0.2) is 49.6 Å². The lowest BCUT2D eigenvalue weighted by molar-refractivity contribution is -0.130. The molecule has 0 aliphatic carbocycles. The Morgan fingerprint density at radius 3 is 2.39 bits per heavy atom. The molecule has 1 heterocycles. The van der Waals surface area contributed by atoms with Crippen molar-refractivity contribution >= 4 is 5.91 Å². The maximum absolute atomic E-state index is 12.6. The summed E-state index contributed by atoms with van der Waals surface area (Å²) in [4.78, 5) is 16.8. The van der Waals surface area contributed by atoms with Crippen LogP contribution in [0.4, 0.5) is 0 Å². The molecule has 28 heavy (non-hydrogen) atoms. The first kappa shape index (κ1) is 19.7. The number of amides is 1. The lowest BCUT2D eigenvalue weighted by atomic mass is 10.1. The second-order valence-electron chi connectivity index (χ2n) is 6.87. The number of carbonyl (C=O) groups is 1. The summed E-state index contributed by atoms with van der Waals surface area (Å²) >= 11 is 0. The Morgan fingerprint density at radius 2 is 1.71 bits per heavy atom. The van der Waals surface area contributed by atoms with Crippen LogP contribution in [0.15, 0.2) is 42.5 Å². The highest BCUT2D eigenvalue weighted by Crippen LogP contribution is 2.24. The number of carbonyl (C=O) groups excluding carboxylic acids is 1. The Hall–Kier alpha value is -3.04. The topological polar surface area (TPSA) is 65.8 Å². The van der Waals surface area contributed by atoms with Gasteiger partial charge in [0, 0.05) is 45.2 Å². The van der Waals surface area contributed by atoms with Crippen molar-refractivity contribution < 1.29 is 14.3 Å². The van der Waals surface area contributed by atoms with Crippen molar-refractivity contribution in [1.29, 1.82) is 5.26 Å². The van der Waals surface area contributed by atoms with Crippen LogP contribution in [0.3, 0.4) is 0 Å². The first-order valence-electron chi connectivity index (χ1n) is 9.32. The Kier molecular flexibility index (Phi) is 6.51. The number of hydrogen-bond acceptors (Lipinski definition) is 5. The molecule has 0 atom stereocenters. The minimum atomic E-state index is 0.148. The molecule has 1 fully saturated rings. The van der Waals surface area contributed by atoms with E-state index in [0.29, 0.717) is 31.6 Å². The van der Waals surface area contributed by atoms with Crippen LogP contribution in [0.5, 0.6) is 11.5 Å². The van der Waals surface area contributed by atoms with E-state index in [2.05, 4.69) is 11.0 Å². The van der Waals surface area contributed by atoms with Crippen molar-refractivity contribution in [2.24, 2.45) is 0 Å². The standard InChI is InChI=1S/C22H25N3O3/c1-27-20-11-19(12-21(13-20)28-2)16-25-9-8-24(7-6-22(25)26)15-18-5-3-4-17(10-18)14-23/h3-5,10-13H,6-9,15-16H2,1-2H3. The number of ether oxygens (including phenoxy) is 2. The summed E-state index contributed by atoms with van der Waals surface area (Å²) in [5, 5.41) is 9.06. The highest BCUT2D eigenvalue weighted by Gasteiger charge is 2.21. The van der Waals surface area contributed by atoms with Gasteiger partial charge in [-0.25, -0.2) is 0 Å². The van der Waals surface area contributed by atoms with Gasteiger partial charge >= 0.3 is 0 Å². The number of nitriles is 1. The van der Waals surface area contributed by atoms with E-state index in [0.717, 1.165) is 35.7 Å². The number of nitrogens with zero attached hydrogens (tertiary/aromatic N) is 3. The van der Waals surface area contributed by atoms with Crippen molar-refractivity contribution in [3.63, 3.8) is 0 Å². The van der Waals surface area contributed by atoms with E-state index >= 15 is 0 Å². The van der Waals surface area contributed by atoms with E-state index in [1.807, 2.05) is 41.3 Å². The molecule has 0 unspecified atom stereocenters. The molecule has 0 N–H and O–H groups in total. The van der Waals surface area contributed by atoms with Crippen molar-refractivity contribution in [1.82, 2.24) is 9.80 Å². The van der Waals surface area contributed by atoms with Gasteiger partial charge in [0.15, 0.2) is 0 Å². The SMILES string of the molecule is COc1cc(CN2CCN(Cc3cccc(C#N)c3)CCC2=O)cc(OC)c1. The highest BCUT2D eigenvalue weighted by atomic mass is 16.5. The van der Waals surface area contributed by atoms with Gasteiger partial charge in [-0.2, -0.15) is 5.26 Å². The van der Waals surface area contributed by atoms with Gasteiger partial charge in [0.2, 0.25) is 5.91 Å². The molecule has 0 radical (unpaired) electrons. The molecule has 6 nitrogen and oxygen atoms in total. The van der Waals surface area contributed by atoms with E-state index in [1.54, 1.807) is 20.3 Å². The first-order chi connectivity index (χ1) is 13.6. The second kappa shape index (κ2) is 9.25. The van der Waals surface area contributed by atoms with Crippen molar-refractivity contribution in [3.8, 4) is 17.6 Å². The summed E-state index contributed by atoms with van der Waals surface area (Å²) < 4.78 is 10.7. The van der Waals surface area contributed by atoms with Gasteiger partial charge in [0.25, 0.3) is 0 Å². The van der Waals surface area contributed by atoms with Crippen LogP contribution in [0.2, 0.25) is 0 Å². The van der Waals surface area contributed by atoms with E-state index in [1.165, 1.54) is 0 Å². The summed E-state index contributed by atoms with van der Waals surface area (Å²) in [6.45, 7) is 3.45. The largest absolute Gasteiger partial charge is 0.497 e. The molecular weight excluding hydrogens is 354 g/mol. The lowest BCUT2D eigenvalue weighted by Gasteiger charge is -2.22. The average Bonchev–Trinajstić information content (AvgIpc) is 2.89. The molecule has 146 valence electrons. The normalized spacial score (nSPS) is 15.0. The summed E-state index contributed by atoms with van der Waals surface area (Å²) in [6, 6.07) is 15.5. The highest BCUT2D eigenvalue weighted by molar-refractivity contribution is 5.76. The third-order valence-electron chi connectivity index (χ3n) is 4.93. The summed E-state index contributed by atoms with van der Waals surface area (Å²) in [5.41, 5.74) is 2.74. The minimum absolute atomic E-state index is 0.148. The molecular formula is C22H25N3O3. The van der Waals surface area contributed by atoms with E-state index in [9.17, 15) is 4.79 Å². The maximum Gasteiger partial charge on any atom is 0.224 e. The van der Waals surface area contributed by atoms with Gasteiger partial charge in [-0.1, -0.05) is 12.1 Å². The molecule has 1 amide bonds. The fourth-order valence-corrected chi connectivity index (χ4v) is 3.41. The molecule has 2 aromatic rings. The van der Waals surface area contributed by atoms with Crippen molar-refractivity contribution in [3.05, 3.63) is 59.2 Å². The number of benzene rings is 2. The van der Waals surface area contributed by atoms with Gasteiger partial charge in [-0.15, -0.1) is 0 Å². The monoisotopic (exact) mass is 379 g/mol. The average molecular weight is 379 g/mol. The van der Waals surface area contributed by atoms with Crippen LogP contribution in [0, 0.1) is 11.3 Å². The first-order valence-corrected chi connectivity index (χ1v) is 9.32. The van der Waals surface area contributed by atoms with E-state index < -0.39 is 0 Å². The van der Waals surface area contributed by atoms with Gasteiger partial charge < -0.3 is 14.4 Å². The van der Waals surface area contributed by atoms with E-state index in [-0.39, 0.29) is 5.91 Å². The van der Waals surface area contributed by atoms with Crippen molar-refractivity contribution in [2.45, 2.75) is 19.5 Å². The molecule has 0 saturated carbocycles. The Bertz CT molecular complexity index is 853. The number of methoxy groups -OCH3 is 2. The predicted molar refractivity (Wildman–Crippen MR) is 106 cm³/mol. The van der Waals surface area contributed by atoms with Crippen molar-refractivity contribution in [2.75, 3.05) is 33.9 Å². The zero-order valence-electron chi connectivity index (χ0n) is 16.4. The quantitative estimate of drug-likeness (QED) is 0.772. The molecule has 3 rings (SSSR count). The van der Waals surface area contributed by atoms with Crippen LogP contribution in [0.1, 0.15) is 23.1 Å². The molecule has 1 aliphatic heterocycles. The molecule has 1 aliphatic rings. The zero-order chi connectivity index (χ0) is 19.9. The molecule has 2 aromatic carbocycles. The summed E-state index contributed by atoms with van der Waals surface area (Å²) in [7, 11) is 3.24. The minimum Gasteiger partial charge on any atom is -0.497 e. The molecule has 6 heteroatoms. The smallest absolute Gasteiger partial charge is 0.224 e. The summed E-state index contributed by atoms with van der Waals surface area (Å²) in [6.07, 6.45) is 0.485. The second-order valence-corrected chi connectivity index (χ2v) is 6.87. The van der Waals surface area contributed by atoms with Crippen LogP contribution >= 0.6 is 0 Å². The van der Waals surface area contributed by atoms with Gasteiger partial charge in [-0.3, -0.25) is 9.69 Å². The fraction of sp³-hybridized carbons (Fsp3) is 0.364. The molecule has 1 saturated heterocycles. The van der Waals surface area contributed by atoms with Gasteiger partial charge in [-0.05, 0) is 35.4 Å². The number of hydrogen-bond donors (Lipinski definition) is 0. The Labute approximate surface area is 165 Å². The molecule has 0 bridgehead atoms. The third kappa shape index (κ3) is 5.02. The predicted octanol–water partition coefficient (Wildman–Crippen LogP) is 2.81. The Balaban J connectivity index is 1.65. The summed E-state index contributed by atoms with van der Waals surface area (Å²) in [5.74, 6) is 1.58. The van der Waals surface area contributed by atoms with Crippen LogP contribution in [0.25, 0.3) is 0 Å². The lowest BCUT2D eigenvalue weighted by Crippen LogP contribution is -2.32. The third-order valence-corrected chi connectivity index (χ3v) is 4.93. The molecule has 0 aromatic heterocycles. The van der Waals surface area contributed by atoms with Gasteiger partial charge in [0.1, 0.15) is 11.5 Å². The fourth-order valence-electron chi connectivity index (χ4n) is 3.41. The van der Waals surface area contributed by atoms with Crippen LogP contribution in [-0.2, 0) is 17.9 Å². The number of rotatable bonds is 6. The maximum atomic E-state index is 12.6. The Morgan fingerprint density at radius 1 is 0.964 bits per heavy atom. The van der Waals surface area contributed by atoms with Crippen LogP contribution < -0.4 is 9.47 Å². The van der Waals surface area contributed by atoms with E-state index in [4.69, 9.17) is 14.7 Å². The molecule has 0 spiro atoms.